The van der Waals surface area contributed by atoms with Crippen LogP contribution < -0.4 is 5.32 Å². The average molecular weight is 369 g/mol. The Bertz CT molecular complexity index is 929. The molecule has 2 N–H and O–H groups in total. The van der Waals surface area contributed by atoms with Crippen molar-refractivity contribution in [3.63, 3.8) is 0 Å². The molecule has 6 nitrogen and oxygen atoms in total. The molecule has 0 fully saturated rings. The standard InChI is InChI=1S/C19H19N3O3S/c1-12-18(19(24)20-10-11-23)26-16(21-12)9-8-15-13(2)25-22-17(15)14-6-4-3-5-7-14/h3-9,23H,10-11H2,1-2H3,(H,20,24)/b9-8+. The van der Waals surface area contributed by atoms with Gasteiger partial charge in [0, 0.05) is 17.7 Å². The maximum Gasteiger partial charge on any atom is 0.263 e. The quantitative estimate of drug-likeness (QED) is 0.696. The molecule has 3 aromatic rings. The molecule has 7 heteroatoms. The second-order valence-corrected chi connectivity index (χ2v) is 6.68. The highest BCUT2D eigenvalue weighted by Gasteiger charge is 2.15. The summed E-state index contributed by atoms with van der Waals surface area (Å²) in [4.78, 5) is 17.0. The lowest BCUT2D eigenvalue weighted by Crippen LogP contribution is -2.26. The van der Waals surface area contributed by atoms with Crippen LogP contribution in [0.5, 0.6) is 0 Å². The average Bonchev–Trinajstić information content (AvgIpc) is 3.21. The van der Waals surface area contributed by atoms with Gasteiger partial charge in [-0.05, 0) is 26.0 Å². The van der Waals surface area contributed by atoms with Crippen molar-refractivity contribution >= 4 is 29.4 Å². The van der Waals surface area contributed by atoms with Gasteiger partial charge in [0.05, 0.1) is 12.3 Å². The number of thiazole rings is 1. The SMILES string of the molecule is Cc1nc(/C=C/c2c(-c3ccccc3)noc2C)sc1C(=O)NCCO. The number of carbonyl (C=O) groups excluding carboxylic acids is 1. The van der Waals surface area contributed by atoms with Gasteiger partial charge in [-0.2, -0.15) is 0 Å². The van der Waals surface area contributed by atoms with Crippen LogP contribution in [0, 0.1) is 13.8 Å². The molecule has 2 heterocycles. The van der Waals surface area contributed by atoms with Gasteiger partial charge in [0.1, 0.15) is 21.3 Å². The Balaban J connectivity index is 1.86. The van der Waals surface area contributed by atoms with E-state index in [9.17, 15) is 4.79 Å². The van der Waals surface area contributed by atoms with Crippen LogP contribution in [-0.4, -0.2) is 34.3 Å². The van der Waals surface area contributed by atoms with E-state index in [1.807, 2.05) is 49.4 Å². The molecule has 1 amide bonds. The summed E-state index contributed by atoms with van der Waals surface area (Å²) >= 11 is 1.30. The molecule has 134 valence electrons. The Labute approximate surface area is 155 Å². The summed E-state index contributed by atoms with van der Waals surface area (Å²) in [5.74, 6) is 0.495. The van der Waals surface area contributed by atoms with Crippen LogP contribution in [0.4, 0.5) is 0 Å². The van der Waals surface area contributed by atoms with Crippen molar-refractivity contribution in [3.05, 3.63) is 57.2 Å². The molecule has 1 aromatic carbocycles. The van der Waals surface area contributed by atoms with E-state index < -0.39 is 0 Å². The minimum atomic E-state index is -0.222. The molecule has 0 bridgehead atoms. The number of nitrogens with one attached hydrogen (secondary N) is 1. The fraction of sp³-hybridized carbons (Fsp3) is 0.211. The second-order valence-electron chi connectivity index (χ2n) is 5.65. The number of aryl methyl sites for hydroxylation is 2. The van der Waals surface area contributed by atoms with Crippen molar-refractivity contribution in [1.82, 2.24) is 15.5 Å². The smallest absolute Gasteiger partial charge is 0.263 e. The van der Waals surface area contributed by atoms with Gasteiger partial charge in [0.25, 0.3) is 5.91 Å². The minimum Gasteiger partial charge on any atom is -0.395 e. The van der Waals surface area contributed by atoms with Crippen LogP contribution in [0.15, 0.2) is 34.9 Å². The molecule has 0 atom stereocenters. The molecular formula is C19H19N3O3S. The van der Waals surface area contributed by atoms with E-state index in [2.05, 4.69) is 15.5 Å². The van der Waals surface area contributed by atoms with Gasteiger partial charge >= 0.3 is 0 Å². The van der Waals surface area contributed by atoms with Gasteiger partial charge < -0.3 is 14.9 Å². The Morgan fingerprint density at radius 1 is 1.27 bits per heavy atom. The largest absolute Gasteiger partial charge is 0.395 e. The molecule has 0 aliphatic rings. The fourth-order valence-electron chi connectivity index (χ4n) is 2.48. The minimum absolute atomic E-state index is 0.0919. The van der Waals surface area contributed by atoms with Gasteiger partial charge in [0.15, 0.2) is 0 Å². The number of hydrogen-bond donors (Lipinski definition) is 2. The molecule has 26 heavy (non-hydrogen) atoms. The van der Waals surface area contributed by atoms with Crippen molar-refractivity contribution in [3.8, 4) is 11.3 Å². The summed E-state index contributed by atoms with van der Waals surface area (Å²) in [6.07, 6.45) is 3.76. The summed E-state index contributed by atoms with van der Waals surface area (Å²) in [5, 5.41) is 16.3. The number of benzene rings is 1. The zero-order valence-electron chi connectivity index (χ0n) is 14.5. The van der Waals surface area contributed by atoms with Gasteiger partial charge in [-0.1, -0.05) is 35.5 Å². The summed E-state index contributed by atoms with van der Waals surface area (Å²) in [7, 11) is 0. The Kier molecular flexibility index (Phi) is 5.60. The van der Waals surface area contributed by atoms with Crippen molar-refractivity contribution < 1.29 is 14.4 Å². The van der Waals surface area contributed by atoms with Crippen LogP contribution in [0.2, 0.25) is 0 Å². The maximum atomic E-state index is 12.1. The van der Waals surface area contributed by atoms with E-state index >= 15 is 0 Å². The first-order valence-electron chi connectivity index (χ1n) is 8.16. The molecule has 0 aliphatic heterocycles. The topological polar surface area (TPSA) is 88.2 Å². The van der Waals surface area contributed by atoms with Gasteiger partial charge in [-0.3, -0.25) is 4.79 Å². The first kappa shape index (κ1) is 18.0. The van der Waals surface area contributed by atoms with Crippen LogP contribution in [0.3, 0.4) is 0 Å². The summed E-state index contributed by atoms with van der Waals surface area (Å²) in [6.45, 7) is 3.79. The third-order valence-electron chi connectivity index (χ3n) is 3.76. The maximum absolute atomic E-state index is 12.1. The molecule has 0 saturated carbocycles. The zero-order valence-corrected chi connectivity index (χ0v) is 15.3. The number of aromatic nitrogens is 2. The summed E-state index contributed by atoms with van der Waals surface area (Å²) in [5.41, 5.74) is 3.29. The normalized spacial score (nSPS) is 11.2. The van der Waals surface area contributed by atoms with Crippen LogP contribution in [-0.2, 0) is 0 Å². The van der Waals surface area contributed by atoms with Gasteiger partial charge in [0.2, 0.25) is 0 Å². The third kappa shape index (κ3) is 3.89. The van der Waals surface area contributed by atoms with Gasteiger partial charge in [-0.15, -0.1) is 11.3 Å². The Morgan fingerprint density at radius 3 is 2.77 bits per heavy atom. The van der Waals surface area contributed by atoms with Crippen LogP contribution in [0.25, 0.3) is 23.4 Å². The monoisotopic (exact) mass is 369 g/mol. The molecule has 0 unspecified atom stereocenters. The molecule has 0 spiro atoms. The van der Waals surface area contributed by atoms with E-state index in [1.165, 1.54) is 11.3 Å². The molecule has 0 aliphatic carbocycles. The fourth-order valence-corrected chi connectivity index (χ4v) is 3.37. The van der Waals surface area contributed by atoms with E-state index in [0.29, 0.717) is 16.3 Å². The number of aliphatic hydroxyl groups excluding tert-OH is 1. The van der Waals surface area contributed by atoms with Gasteiger partial charge in [-0.25, -0.2) is 4.98 Å². The predicted molar refractivity (Wildman–Crippen MR) is 102 cm³/mol. The van der Waals surface area contributed by atoms with E-state index in [1.54, 1.807) is 6.92 Å². The van der Waals surface area contributed by atoms with E-state index in [-0.39, 0.29) is 19.1 Å². The predicted octanol–water partition coefficient (Wildman–Crippen LogP) is 3.31. The van der Waals surface area contributed by atoms with Crippen molar-refractivity contribution in [2.45, 2.75) is 13.8 Å². The molecule has 2 aromatic heterocycles. The second kappa shape index (κ2) is 8.07. The van der Waals surface area contributed by atoms with Crippen molar-refractivity contribution in [1.29, 1.82) is 0 Å². The lowest BCUT2D eigenvalue weighted by Gasteiger charge is -1.99. The lowest BCUT2D eigenvalue weighted by atomic mass is 10.1. The molecule has 3 rings (SSSR count). The number of carbonyl (C=O) groups is 1. The lowest BCUT2D eigenvalue weighted by molar-refractivity contribution is 0.0948. The molecule has 0 radical (unpaired) electrons. The zero-order chi connectivity index (χ0) is 18.5. The third-order valence-corrected chi connectivity index (χ3v) is 4.89. The van der Waals surface area contributed by atoms with Crippen molar-refractivity contribution in [2.24, 2.45) is 0 Å². The number of aliphatic hydroxyl groups is 1. The Morgan fingerprint density at radius 2 is 2.04 bits per heavy atom. The number of nitrogens with zero attached hydrogens (tertiary/aromatic N) is 2. The highest BCUT2D eigenvalue weighted by atomic mass is 32.1. The molecular weight excluding hydrogens is 350 g/mol. The van der Waals surface area contributed by atoms with Crippen molar-refractivity contribution in [2.75, 3.05) is 13.2 Å². The first-order valence-corrected chi connectivity index (χ1v) is 8.98. The summed E-state index contributed by atoms with van der Waals surface area (Å²) < 4.78 is 5.34. The summed E-state index contributed by atoms with van der Waals surface area (Å²) in [6, 6.07) is 9.81. The van der Waals surface area contributed by atoms with E-state index in [0.717, 1.165) is 21.8 Å². The number of hydrogen-bond acceptors (Lipinski definition) is 6. The number of amides is 1. The Hall–Kier alpha value is -2.77. The van der Waals surface area contributed by atoms with Crippen LogP contribution in [0.1, 0.15) is 31.7 Å². The highest BCUT2D eigenvalue weighted by Crippen LogP contribution is 2.27. The number of rotatable bonds is 6. The highest BCUT2D eigenvalue weighted by molar-refractivity contribution is 7.14. The first-order chi connectivity index (χ1) is 12.6. The van der Waals surface area contributed by atoms with Crippen LogP contribution >= 0.6 is 11.3 Å². The van der Waals surface area contributed by atoms with E-state index in [4.69, 9.17) is 9.63 Å². The molecule has 0 saturated heterocycles.